The molecule has 2 N–H and O–H groups in total. The summed E-state index contributed by atoms with van der Waals surface area (Å²) in [6.07, 6.45) is 1.66. The van der Waals surface area contributed by atoms with Crippen molar-refractivity contribution >= 4 is 16.1 Å². The monoisotopic (exact) mass is 453 g/mol. The van der Waals surface area contributed by atoms with Gasteiger partial charge in [-0.25, -0.2) is 9.37 Å². The predicted molar refractivity (Wildman–Crippen MR) is 115 cm³/mol. The summed E-state index contributed by atoms with van der Waals surface area (Å²) in [5.41, 5.74) is 3.39. The highest BCUT2D eigenvalue weighted by Crippen LogP contribution is 2.23. The first-order valence-electron chi connectivity index (χ1n) is 9.53. The van der Waals surface area contributed by atoms with Crippen LogP contribution in [0, 0.1) is 5.82 Å². The second-order valence-corrected chi connectivity index (χ2v) is 8.34. The minimum atomic E-state index is -4.81. The number of H-pyrrole nitrogens is 1. The van der Waals surface area contributed by atoms with Crippen molar-refractivity contribution in [2.45, 2.75) is 11.4 Å². The molecular weight excluding hydrogens is 436 g/mol. The summed E-state index contributed by atoms with van der Waals surface area (Å²) in [6.45, 7) is 0.224. The van der Waals surface area contributed by atoms with Crippen molar-refractivity contribution in [3.63, 3.8) is 0 Å². The maximum absolute atomic E-state index is 13.1. The lowest BCUT2D eigenvalue weighted by molar-refractivity contribution is 0.0951. The first kappa shape index (κ1) is 21.4. The fourth-order valence-corrected chi connectivity index (χ4v) is 3.59. The summed E-state index contributed by atoms with van der Waals surface area (Å²) in [7, 11) is -4.81. The Balaban J connectivity index is 1.44. The Kier molecular flexibility index (Phi) is 5.83. The van der Waals surface area contributed by atoms with Crippen molar-refractivity contribution in [1.29, 1.82) is 0 Å². The molecule has 0 aliphatic rings. The molecule has 0 unspecified atom stereocenters. The Labute approximate surface area is 183 Å². The Morgan fingerprint density at radius 1 is 0.969 bits per heavy atom. The lowest BCUT2D eigenvalue weighted by Gasteiger charge is -2.07. The highest BCUT2D eigenvalue weighted by molar-refractivity contribution is 7.86. The van der Waals surface area contributed by atoms with Gasteiger partial charge in [-0.3, -0.25) is 4.79 Å². The molecule has 4 aromatic rings. The zero-order valence-electron chi connectivity index (χ0n) is 16.5. The predicted octanol–water partition coefficient (Wildman–Crippen LogP) is 4.47. The Hall–Kier alpha value is -3.85. The summed E-state index contributed by atoms with van der Waals surface area (Å²) < 4.78 is 47.8. The maximum Gasteiger partial charge on any atom is 0.332 e. The normalized spacial score (nSPS) is 11.3. The van der Waals surface area contributed by atoms with Crippen LogP contribution in [0.3, 0.4) is 0 Å². The lowest BCUT2D eigenvalue weighted by atomic mass is 10.1. The molecule has 0 radical (unpaired) electrons. The number of benzene rings is 3. The van der Waals surface area contributed by atoms with Crippen molar-refractivity contribution in [3.05, 3.63) is 95.9 Å². The number of carbonyl (C=O) groups is 1. The molecule has 9 heteroatoms. The number of aromatic amines is 1. The molecule has 1 amide bonds. The zero-order valence-corrected chi connectivity index (χ0v) is 17.4. The number of hydrogen-bond donors (Lipinski definition) is 2. The van der Waals surface area contributed by atoms with Crippen LogP contribution in [0.5, 0.6) is 0 Å². The minimum Gasteiger partial charge on any atom is -0.348 e. The molecule has 1 aromatic heterocycles. The maximum atomic E-state index is 13.1. The highest BCUT2D eigenvalue weighted by atomic mass is 32.3. The average molecular weight is 453 g/mol. The summed E-state index contributed by atoms with van der Waals surface area (Å²) in [5, 5.41) is 2.74. The van der Waals surface area contributed by atoms with E-state index in [2.05, 4.69) is 15.3 Å². The van der Waals surface area contributed by atoms with E-state index in [9.17, 15) is 21.5 Å². The van der Waals surface area contributed by atoms with Crippen LogP contribution in [-0.4, -0.2) is 24.3 Å². The van der Waals surface area contributed by atoms with Gasteiger partial charge in [-0.1, -0.05) is 18.2 Å². The fourth-order valence-electron chi connectivity index (χ4n) is 3.13. The number of halogens is 2. The van der Waals surface area contributed by atoms with Gasteiger partial charge in [-0.2, -0.15) is 8.42 Å². The largest absolute Gasteiger partial charge is 0.348 e. The van der Waals surface area contributed by atoms with E-state index < -0.39 is 21.0 Å². The standard InChI is InChI=1S/C23H17F2N3O3S/c24-19-8-4-16(5-9-19)21-14-26-22(28-21)18-3-1-2-15(12-18)13-27-23(29)17-6-10-20(11-7-17)32(25,30)31/h1-12,14H,13H2,(H,26,28)(H,27,29). The molecule has 0 aliphatic carbocycles. The molecule has 0 bridgehead atoms. The van der Waals surface area contributed by atoms with Gasteiger partial charge in [-0.15, -0.1) is 3.89 Å². The van der Waals surface area contributed by atoms with Gasteiger partial charge < -0.3 is 10.3 Å². The van der Waals surface area contributed by atoms with Gasteiger partial charge in [0.15, 0.2) is 0 Å². The Bertz CT molecular complexity index is 1370. The van der Waals surface area contributed by atoms with Crippen LogP contribution < -0.4 is 5.32 Å². The quantitative estimate of drug-likeness (QED) is 0.422. The summed E-state index contributed by atoms with van der Waals surface area (Å²) >= 11 is 0. The number of hydrogen-bond acceptors (Lipinski definition) is 4. The van der Waals surface area contributed by atoms with E-state index >= 15 is 0 Å². The lowest BCUT2D eigenvalue weighted by Crippen LogP contribution is -2.22. The van der Waals surface area contributed by atoms with Crippen molar-refractivity contribution in [3.8, 4) is 22.6 Å². The molecule has 3 aromatic carbocycles. The number of rotatable bonds is 6. The molecule has 0 saturated carbocycles. The minimum absolute atomic E-state index is 0.212. The number of aromatic nitrogens is 2. The van der Waals surface area contributed by atoms with Gasteiger partial charge in [-0.05, 0) is 65.7 Å². The van der Waals surface area contributed by atoms with E-state index in [1.165, 1.54) is 24.3 Å². The zero-order chi connectivity index (χ0) is 22.7. The summed E-state index contributed by atoms with van der Waals surface area (Å²) in [4.78, 5) is 19.4. The second kappa shape index (κ2) is 8.72. The van der Waals surface area contributed by atoms with Crippen LogP contribution in [0.4, 0.5) is 8.28 Å². The third-order valence-electron chi connectivity index (χ3n) is 4.78. The van der Waals surface area contributed by atoms with Crippen molar-refractivity contribution in [2.75, 3.05) is 0 Å². The van der Waals surface area contributed by atoms with Crippen molar-refractivity contribution in [1.82, 2.24) is 15.3 Å². The van der Waals surface area contributed by atoms with E-state index in [0.29, 0.717) is 5.82 Å². The van der Waals surface area contributed by atoms with Crippen LogP contribution in [0.15, 0.2) is 83.9 Å². The third-order valence-corrected chi connectivity index (χ3v) is 5.62. The van der Waals surface area contributed by atoms with Crippen LogP contribution >= 0.6 is 0 Å². The van der Waals surface area contributed by atoms with Gasteiger partial charge >= 0.3 is 10.2 Å². The molecule has 4 rings (SSSR count). The molecule has 0 spiro atoms. The Morgan fingerprint density at radius 2 is 1.69 bits per heavy atom. The average Bonchev–Trinajstić information content (AvgIpc) is 3.28. The molecule has 162 valence electrons. The first-order chi connectivity index (χ1) is 15.3. The van der Waals surface area contributed by atoms with Crippen LogP contribution in [0.2, 0.25) is 0 Å². The van der Waals surface area contributed by atoms with Gasteiger partial charge in [0.1, 0.15) is 11.6 Å². The molecule has 0 aliphatic heterocycles. The molecule has 6 nitrogen and oxygen atoms in total. The first-order valence-corrected chi connectivity index (χ1v) is 10.9. The SMILES string of the molecule is O=C(NCc1cccc(-c2ncc(-c3ccc(F)cc3)[nH]2)c1)c1ccc(S(=O)(=O)F)cc1. The third kappa shape index (κ3) is 4.89. The topological polar surface area (TPSA) is 91.9 Å². The fraction of sp³-hybridized carbons (Fsp3) is 0.0435. The van der Waals surface area contributed by atoms with Gasteiger partial charge in [0.2, 0.25) is 0 Å². The number of nitrogens with one attached hydrogen (secondary N) is 2. The molecule has 0 saturated heterocycles. The Morgan fingerprint density at radius 3 is 2.38 bits per heavy atom. The smallest absolute Gasteiger partial charge is 0.332 e. The summed E-state index contributed by atoms with van der Waals surface area (Å²) in [6, 6.07) is 18.1. The van der Waals surface area contributed by atoms with Gasteiger partial charge in [0, 0.05) is 17.7 Å². The van der Waals surface area contributed by atoms with E-state index in [1.807, 2.05) is 24.3 Å². The van der Waals surface area contributed by atoms with Crippen LogP contribution in [0.25, 0.3) is 22.6 Å². The molecule has 0 fully saturated rings. The van der Waals surface area contributed by atoms with E-state index in [1.54, 1.807) is 18.3 Å². The molecule has 32 heavy (non-hydrogen) atoms. The molecular formula is C23H17F2N3O3S. The number of amides is 1. The van der Waals surface area contributed by atoms with E-state index in [4.69, 9.17) is 0 Å². The molecule has 1 heterocycles. The molecule has 0 atom stereocenters. The van der Waals surface area contributed by atoms with E-state index in [-0.39, 0.29) is 17.9 Å². The number of imidazole rings is 1. The van der Waals surface area contributed by atoms with Gasteiger partial charge in [0.05, 0.1) is 16.8 Å². The van der Waals surface area contributed by atoms with Crippen molar-refractivity contribution < 1.29 is 21.5 Å². The number of carbonyl (C=O) groups excluding carboxylic acids is 1. The van der Waals surface area contributed by atoms with Crippen LogP contribution in [0.1, 0.15) is 15.9 Å². The second-order valence-electron chi connectivity index (χ2n) is 7.00. The number of nitrogens with zero attached hydrogens (tertiary/aromatic N) is 1. The summed E-state index contributed by atoms with van der Waals surface area (Å²) in [5.74, 6) is -0.109. The van der Waals surface area contributed by atoms with E-state index in [0.717, 1.165) is 34.5 Å². The highest BCUT2D eigenvalue weighted by Gasteiger charge is 2.13. The van der Waals surface area contributed by atoms with Crippen molar-refractivity contribution in [2.24, 2.45) is 0 Å². The van der Waals surface area contributed by atoms with Crippen LogP contribution in [-0.2, 0) is 16.8 Å². The van der Waals surface area contributed by atoms with Gasteiger partial charge in [0.25, 0.3) is 5.91 Å².